The highest BCUT2D eigenvalue weighted by molar-refractivity contribution is 5.87. The van der Waals surface area contributed by atoms with Crippen molar-refractivity contribution < 1.29 is 14.6 Å². The van der Waals surface area contributed by atoms with Crippen LogP contribution in [0, 0.1) is 0 Å². The van der Waals surface area contributed by atoms with Crippen molar-refractivity contribution in [1.82, 2.24) is 10.3 Å². The fourth-order valence-electron chi connectivity index (χ4n) is 1.89. The highest BCUT2D eigenvalue weighted by atomic mass is 16.5. The van der Waals surface area contributed by atoms with Crippen molar-refractivity contribution in [3.63, 3.8) is 0 Å². The summed E-state index contributed by atoms with van der Waals surface area (Å²) in [5.41, 5.74) is 1.38. The van der Waals surface area contributed by atoms with Crippen LogP contribution < -0.4 is 10.1 Å². The minimum absolute atomic E-state index is 0.205. The molecule has 0 radical (unpaired) electrons. The molecular weight excluding hydrogens is 268 g/mol. The van der Waals surface area contributed by atoms with Crippen molar-refractivity contribution in [2.24, 2.45) is 0 Å². The normalized spacial score (nSPS) is 11.9. The quantitative estimate of drug-likeness (QED) is 0.765. The Labute approximate surface area is 123 Å². The molecule has 1 atom stereocenters. The molecular formula is C16H18N2O3. The molecule has 1 aromatic heterocycles. The Morgan fingerprint density at radius 1 is 1.33 bits per heavy atom. The van der Waals surface area contributed by atoms with Gasteiger partial charge >= 0.3 is 5.97 Å². The molecule has 0 spiro atoms. The lowest BCUT2D eigenvalue weighted by molar-refractivity contribution is 0.0697. The monoisotopic (exact) mass is 286 g/mol. The molecule has 1 heterocycles. The highest BCUT2D eigenvalue weighted by Gasteiger charge is 2.04. The van der Waals surface area contributed by atoms with Crippen LogP contribution in [0.25, 0.3) is 0 Å². The third kappa shape index (κ3) is 4.57. The molecule has 0 aliphatic rings. The summed E-state index contributed by atoms with van der Waals surface area (Å²) in [6.45, 7) is 3.27. The van der Waals surface area contributed by atoms with Gasteiger partial charge in [-0.2, -0.15) is 0 Å². The standard InChI is InChI=1S/C16H18N2O3/c1-12(14-3-2-8-17-11-14)18-9-10-21-15-6-4-13(5-7-15)16(19)20/h2-8,11-12,18H,9-10H2,1H3,(H,19,20). The predicted octanol–water partition coefficient (Wildman–Crippen LogP) is 2.51. The Bertz CT molecular complexity index is 570. The van der Waals surface area contributed by atoms with Gasteiger partial charge in [-0.15, -0.1) is 0 Å². The number of nitrogens with zero attached hydrogens (tertiary/aromatic N) is 1. The van der Waals surface area contributed by atoms with Gasteiger partial charge in [0, 0.05) is 25.0 Å². The summed E-state index contributed by atoms with van der Waals surface area (Å²) in [6, 6.07) is 10.5. The van der Waals surface area contributed by atoms with E-state index in [4.69, 9.17) is 9.84 Å². The maximum Gasteiger partial charge on any atom is 0.335 e. The second-order valence-corrected chi connectivity index (χ2v) is 4.64. The lowest BCUT2D eigenvalue weighted by Gasteiger charge is -2.14. The fraction of sp³-hybridized carbons (Fsp3) is 0.250. The molecule has 2 aromatic rings. The third-order valence-corrected chi connectivity index (χ3v) is 3.11. The van der Waals surface area contributed by atoms with Crippen molar-refractivity contribution >= 4 is 5.97 Å². The maximum absolute atomic E-state index is 10.7. The minimum Gasteiger partial charge on any atom is -0.492 e. The number of carbonyl (C=O) groups is 1. The first kappa shape index (κ1) is 15.0. The Morgan fingerprint density at radius 2 is 2.10 bits per heavy atom. The number of ether oxygens (including phenoxy) is 1. The molecule has 0 amide bonds. The lowest BCUT2D eigenvalue weighted by Crippen LogP contribution is -2.24. The number of pyridine rings is 1. The van der Waals surface area contributed by atoms with Crippen molar-refractivity contribution in [1.29, 1.82) is 0 Å². The van der Waals surface area contributed by atoms with Crippen LogP contribution in [0.2, 0.25) is 0 Å². The zero-order chi connectivity index (χ0) is 15.1. The zero-order valence-electron chi connectivity index (χ0n) is 11.8. The van der Waals surface area contributed by atoms with E-state index in [1.807, 2.05) is 18.3 Å². The van der Waals surface area contributed by atoms with E-state index in [-0.39, 0.29) is 11.6 Å². The highest BCUT2D eigenvalue weighted by Crippen LogP contribution is 2.12. The van der Waals surface area contributed by atoms with E-state index < -0.39 is 5.97 Å². The Balaban J connectivity index is 1.73. The number of carboxylic acid groups (broad SMARTS) is 1. The third-order valence-electron chi connectivity index (χ3n) is 3.11. The van der Waals surface area contributed by atoms with E-state index in [9.17, 15) is 4.79 Å². The summed E-state index contributed by atoms with van der Waals surface area (Å²) in [7, 11) is 0. The average molecular weight is 286 g/mol. The molecule has 0 saturated carbocycles. The van der Waals surface area contributed by atoms with E-state index in [1.165, 1.54) is 12.1 Å². The average Bonchev–Trinajstić information content (AvgIpc) is 2.52. The van der Waals surface area contributed by atoms with Crippen molar-refractivity contribution in [3.05, 3.63) is 59.9 Å². The molecule has 5 nitrogen and oxygen atoms in total. The van der Waals surface area contributed by atoms with Gasteiger partial charge < -0.3 is 15.2 Å². The summed E-state index contributed by atoms with van der Waals surface area (Å²) < 4.78 is 5.56. The fourth-order valence-corrected chi connectivity index (χ4v) is 1.89. The summed E-state index contributed by atoms with van der Waals surface area (Å²) in [5.74, 6) is -0.274. The van der Waals surface area contributed by atoms with Gasteiger partial charge in [-0.3, -0.25) is 4.98 Å². The number of aromatic nitrogens is 1. The topological polar surface area (TPSA) is 71.5 Å². The number of carboxylic acids is 1. The van der Waals surface area contributed by atoms with E-state index in [1.54, 1.807) is 18.3 Å². The van der Waals surface area contributed by atoms with E-state index in [2.05, 4.69) is 17.2 Å². The van der Waals surface area contributed by atoms with E-state index >= 15 is 0 Å². The molecule has 0 aliphatic heterocycles. The van der Waals surface area contributed by atoms with Gasteiger partial charge in [-0.25, -0.2) is 4.79 Å². The lowest BCUT2D eigenvalue weighted by atomic mass is 10.1. The Morgan fingerprint density at radius 3 is 2.71 bits per heavy atom. The maximum atomic E-state index is 10.7. The second-order valence-electron chi connectivity index (χ2n) is 4.64. The van der Waals surface area contributed by atoms with Gasteiger partial charge in [0.25, 0.3) is 0 Å². The SMILES string of the molecule is CC(NCCOc1ccc(C(=O)O)cc1)c1cccnc1. The Hall–Kier alpha value is -2.40. The van der Waals surface area contributed by atoms with Gasteiger partial charge in [0.05, 0.1) is 5.56 Å². The van der Waals surface area contributed by atoms with Crippen LogP contribution in [0.5, 0.6) is 5.75 Å². The van der Waals surface area contributed by atoms with E-state index in [0.29, 0.717) is 18.9 Å². The van der Waals surface area contributed by atoms with Gasteiger partial charge in [0.15, 0.2) is 0 Å². The summed E-state index contributed by atoms with van der Waals surface area (Å²) in [6.07, 6.45) is 3.59. The molecule has 21 heavy (non-hydrogen) atoms. The van der Waals surface area contributed by atoms with Crippen LogP contribution in [0.1, 0.15) is 28.9 Å². The van der Waals surface area contributed by atoms with Crippen LogP contribution in [-0.2, 0) is 0 Å². The first-order valence-corrected chi connectivity index (χ1v) is 6.76. The number of aromatic carboxylic acids is 1. The molecule has 0 saturated heterocycles. The summed E-state index contributed by atoms with van der Waals surface area (Å²) in [4.78, 5) is 14.8. The van der Waals surface area contributed by atoms with Crippen LogP contribution in [-0.4, -0.2) is 29.2 Å². The van der Waals surface area contributed by atoms with Gasteiger partial charge in [0.1, 0.15) is 12.4 Å². The van der Waals surface area contributed by atoms with E-state index in [0.717, 1.165) is 5.56 Å². The molecule has 0 fully saturated rings. The molecule has 2 N–H and O–H groups in total. The first-order chi connectivity index (χ1) is 10.2. The second kappa shape index (κ2) is 7.40. The van der Waals surface area contributed by atoms with Gasteiger partial charge in [-0.1, -0.05) is 6.07 Å². The molecule has 2 rings (SSSR count). The van der Waals surface area contributed by atoms with Crippen LogP contribution in [0.3, 0.4) is 0 Å². The predicted molar refractivity (Wildman–Crippen MR) is 79.6 cm³/mol. The molecule has 1 aromatic carbocycles. The zero-order valence-corrected chi connectivity index (χ0v) is 11.8. The van der Waals surface area contributed by atoms with Crippen molar-refractivity contribution in [2.75, 3.05) is 13.2 Å². The van der Waals surface area contributed by atoms with Crippen LogP contribution >= 0.6 is 0 Å². The largest absolute Gasteiger partial charge is 0.492 e. The summed E-state index contributed by atoms with van der Waals surface area (Å²) >= 11 is 0. The van der Waals surface area contributed by atoms with Gasteiger partial charge in [0.2, 0.25) is 0 Å². The molecule has 1 unspecified atom stereocenters. The van der Waals surface area contributed by atoms with Crippen molar-refractivity contribution in [3.8, 4) is 5.75 Å². The number of hydrogen-bond donors (Lipinski definition) is 2. The smallest absolute Gasteiger partial charge is 0.335 e. The summed E-state index contributed by atoms with van der Waals surface area (Å²) in [5, 5.41) is 12.1. The molecule has 110 valence electrons. The number of hydrogen-bond acceptors (Lipinski definition) is 4. The van der Waals surface area contributed by atoms with Crippen LogP contribution in [0.15, 0.2) is 48.8 Å². The molecule has 5 heteroatoms. The first-order valence-electron chi connectivity index (χ1n) is 6.76. The van der Waals surface area contributed by atoms with Crippen LogP contribution in [0.4, 0.5) is 0 Å². The number of benzene rings is 1. The molecule has 0 aliphatic carbocycles. The molecule has 0 bridgehead atoms. The Kier molecular flexibility index (Phi) is 5.29. The number of rotatable bonds is 7. The number of nitrogens with one attached hydrogen (secondary N) is 1. The minimum atomic E-state index is -0.937. The van der Waals surface area contributed by atoms with Gasteiger partial charge in [-0.05, 0) is 42.8 Å². The van der Waals surface area contributed by atoms with Crippen molar-refractivity contribution in [2.45, 2.75) is 13.0 Å².